The molecule has 0 bridgehead atoms. The molecule has 2 heterocycles. The Labute approximate surface area is 175 Å². The number of para-hydroxylation sites is 1. The number of methoxy groups -OCH3 is 1. The van der Waals surface area contributed by atoms with E-state index >= 15 is 0 Å². The van der Waals surface area contributed by atoms with E-state index in [0.717, 1.165) is 30.0 Å². The van der Waals surface area contributed by atoms with E-state index in [9.17, 15) is 4.79 Å². The molecule has 1 amide bonds. The van der Waals surface area contributed by atoms with Gasteiger partial charge in [0.25, 0.3) is 5.91 Å². The summed E-state index contributed by atoms with van der Waals surface area (Å²) in [6.45, 7) is 3.35. The van der Waals surface area contributed by atoms with Crippen molar-refractivity contribution in [3.8, 4) is 17.1 Å². The molecule has 1 saturated heterocycles. The van der Waals surface area contributed by atoms with Crippen molar-refractivity contribution in [3.63, 3.8) is 0 Å². The van der Waals surface area contributed by atoms with Crippen LogP contribution in [0.5, 0.6) is 5.75 Å². The third-order valence-corrected chi connectivity index (χ3v) is 5.24. The highest BCUT2D eigenvalue weighted by Crippen LogP contribution is 2.29. The molecule has 7 nitrogen and oxygen atoms in total. The SMILES string of the molecule is COc1ccccc1[C@@H](CNC(=O)c1cc(-c2ccccc2)on1)N1CCOCC1. The van der Waals surface area contributed by atoms with Crippen LogP contribution >= 0.6 is 0 Å². The molecule has 3 aromatic rings. The Bertz CT molecular complexity index is 967. The van der Waals surface area contributed by atoms with Crippen molar-refractivity contribution in [1.82, 2.24) is 15.4 Å². The van der Waals surface area contributed by atoms with Gasteiger partial charge in [-0.05, 0) is 6.07 Å². The Balaban J connectivity index is 1.49. The van der Waals surface area contributed by atoms with Crippen molar-refractivity contribution in [1.29, 1.82) is 0 Å². The molecule has 0 saturated carbocycles. The molecule has 0 spiro atoms. The number of hydrogen-bond acceptors (Lipinski definition) is 6. The monoisotopic (exact) mass is 407 g/mol. The number of rotatable bonds is 7. The molecule has 1 aromatic heterocycles. The van der Waals surface area contributed by atoms with E-state index in [1.54, 1.807) is 13.2 Å². The minimum Gasteiger partial charge on any atom is -0.496 e. The third-order valence-electron chi connectivity index (χ3n) is 5.24. The van der Waals surface area contributed by atoms with Crippen molar-refractivity contribution >= 4 is 5.91 Å². The Kier molecular flexibility index (Phi) is 6.41. The summed E-state index contributed by atoms with van der Waals surface area (Å²) >= 11 is 0. The molecule has 4 rings (SSSR count). The summed E-state index contributed by atoms with van der Waals surface area (Å²) in [5.74, 6) is 1.10. The fourth-order valence-electron chi connectivity index (χ4n) is 3.67. The number of amides is 1. The summed E-state index contributed by atoms with van der Waals surface area (Å²) in [4.78, 5) is 15.1. The molecular weight excluding hydrogens is 382 g/mol. The predicted octanol–water partition coefficient (Wildman–Crippen LogP) is 3.15. The Hall–Kier alpha value is -3.16. The summed E-state index contributed by atoms with van der Waals surface area (Å²) < 4.78 is 16.4. The summed E-state index contributed by atoms with van der Waals surface area (Å²) in [6, 6.07) is 19.1. The summed E-state index contributed by atoms with van der Waals surface area (Å²) in [6.07, 6.45) is 0. The van der Waals surface area contributed by atoms with Crippen molar-refractivity contribution in [3.05, 3.63) is 71.9 Å². The standard InChI is InChI=1S/C23H25N3O4/c1-28-21-10-6-5-9-18(21)20(26-11-13-29-14-12-26)16-24-23(27)19-15-22(30-25-19)17-7-3-2-4-8-17/h2-10,15,20H,11-14,16H2,1H3,(H,24,27)/t20-/m1/s1. The zero-order chi connectivity index (χ0) is 20.8. The van der Waals surface area contributed by atoms with Crippen LogP contribution in [0, 0.1) is 0 Å². The van der Waals surface area contributed by atoms with Crippen molar-refractivity contribution < 1.29 is 18.8 Å². The number of aromatic nitrogens is 1. The van der Waals surface area contributed by atoms with Crippen molar-refractivity contribution in [2.24, 2.45) is 0 Å². The van der Waals surface area contributed by atoms with Gasteiger partial charge in [0.05, 0.1) is 26.4 Å². The van der Waals surface area contributed by atoms with Crippen LogP contribution in [0.1, 0.15) is 22.1 Å². The molecule has 1 N–H and O–H groups in total. The normalized spacial score (nSPS) is 15.5. The first kappa shape index (κ1) is 20.1. The number of carbonyl (C=O) groups excluding carboxylic acids is 1. The maximum absolute atomic E-state index is 12.8. The van der Waals surface area contributed by atoms with Crippen LogP contribution in [-0.4, -0.2) is 55.9 Å². The van der Waals surface area contributed by atoms with Crippen LogP contribution in [-0.2, 0) is 4.74 Å². The summed E-state index contributed by atoms with van der Waals surface area (Å²) in [7, 11) is 1.66. The van der Waals surface area contributed by atoms with Gasteiger partial charge in [-0.2, -0.15) is 0 Å². The van der Waals surface area contributed by atoms with Crippen molar-refractivity contribution in [2.75, 3.05) is 40.0 Å². The van der Waals surface area contributed by atoms with Crippen LogP contribution < -0.4 is 10.1 Å². The van der Waals surface area contributed by atoms with Gasteiger partial charge in [0, 0.05) is 36.8 Å². The third kappa shape index (κ3) is 4.53. The molecule has 30 heavy (non-hydrogen) atoms. The molecule has 0 unspecified atom stereocenters. The molecule has 1 atom stereocenters. The first-order valence-corrected chi connectivity index (χ1v) is 10.0. The Morgan fingerprint density at radius 2 is 1.87 bits per heavy atom. The average Bonchev–Trinajstić information content (AvgIpc) is 3.31. The fourth-order valence-corrected chi connectivity index (χ4v) is 3.67. The van der Waals surface area contributed by atoms with Gasteiger partial charge in [0.15, 0.2) is 11.5 Å². The topological polar surface area (TPSA) is 76.8 Å². The second-order valence-corrected chi connectivity index (χ2v) is 7.06. The van der Waals surface area contributed by atoms with Gasteiger partial charge < -0.3 is 19.3 Å². The highest BCUT2D eigenvalue weighted by Gasteiger charge is 2.26. The van der Waals surface area contributed by atoms with E-state index in [-0.39, 0.29) is 17.6 Å². The fraction of sp³-hybridized carbons (Fsp3) is 0.304. The Morgan fingerprint density at radius 3 is 2.63 bits per heavy atom. The first-order chi connectivity index (χ1) is 14.8. The van der Waals surface area contributed by atoms with Gasteiger partial charge >= 0.3 is 0 Å². The predicted molar refractivity (Wildman–Crippen MR) is 112 cm³/mol. The van der Waals surface area contributed by atoms with Gasteiger partial charge in [-0.1, -0.05) is 53.7 Å². The molecule has 0 radical (unpaired) electrons. The van der Waals surface area contributed by atoms with Gasteiger partial charge in [-0.3, -0.25) is 9.69 Å². The highest BCUT2D eigenvalue weighted by molar-refractivity contribution is 5.93. The molecule has 7 heteroatoms. The zero-order valence-electron chi connectivity index (χ0n) is 16.9. The molecular formula is C23H25N3O4. The average molecular weight is 407 g/mol. The zero-order valence-corrected chi connectivity index (χ0v) is 16.9. The Morgan fingerprint density at radius 1 is 1.13 bits per heavy atom. The minimum atomic E-state index is -0.269. The van der Waals surface area contributed by atoms with Gasteiger partial charge in [-0.25, -0.2) is 0 Å². The second-order valence-electron chi connectivity index (χ2n) is 7.06. The van der Waals surface area contributed by atoms with Crippen LogP contribution in [0.3, 0.4) is 0 Å². The number of nitrogens with zero attached hydrogens (tertiary/aromatic N) is 2. The molecule has 1 aliphatic heterocycles. The molecule has 1 aliphatic rings. The number of carbonyl (C=O) groups is 1. The van der Waals surface area contributed by atoms with Crippen LogP contribution in [0.2, 0.25) is 0 Å². The van der Waals surface area contributed by atoms with Crippen LogP contribution in [0.25, 0.3) is 11.3 Å². The summed E-state index contributed by atoms with van der Waals surface area (Å²) in [5, 5.41) is 6.96. The van der Waals surface area contributed by atoms with E-state index in [1.807, 2.05) is 54.6 Å². The number of nitrogens with one attached hydrogen (secondary N) is 1. The second kappa shape index (κ2) is 9.56. The van der Waals surface area contributed by atoms with Gasteiger partial charge in [-0.15, -0.1) is 0 Å². The van der Waals surface area contributed by atoms with E-state index in [1.165, 1.54) is 0 Å². The molecule has 156 valence electrons. The lowest BCUT2D eigenvalue weighted by molar-refractivity contribution is 0.0157. The maximum atomic E-state index is 12.8. The number of hydrogen-bond donors (Lipinski definition) is 1. The lowest BCUT2D eigenvalue weighted by Gasteiger charge is -2.35. The van der Waals surface area contributed by atoms with E-state index in [4.69, 9.17) is 14.0 Å². The van der Waals surface area contributed by atoms with Crippen LogP contribution in [0.4, 0.5) is 0 Å². The lowest BCUT2D eigenvalue weighted by Crippen LogP contribution is -2.44. The van der Waals surface area contributed by atoms with Crippen LogP contribution in [0.15, 0.2) is 65.2 Å². The van der Waals surface area contributed by atoms with E-state index in [0.29, 0.717) is 25.5 Å². The molecule has 2 aromatic carbocycles. The van der Waals surface area contributed by atoms with E-state index in [2.05, 4.69) is 15.4 Å². The summed E-state index contributed by atoms with van der Waals surface area (Å²) in [5.41, 5.74) is 2.17. The van der Waals surface area contributed by atoms with Gasteiger partial charge in [0.1, 0.15) is 5.75 Å². The quantitative estimate of drug-likeness (QED) is 0.648. The molecule has 0 aliphatic carbocycles. The molecule has 1 fully saturated rings. The van der Waals surface area contributed by atoms with Gasteiger partial charge in [0.2, 0.25) is 0 Å². The number of benzene rings is 2. The highest BCUT2D eigenvalue weighted by atomic mass is 16.5. The van der Waals surface area contributed by atoms with Crippen molar-refractivity contribution in [2.45, 2.75) is 6.04 Å². The van der Waals surface area contributed by atoms with E-state index < -0.39 is 0 Å². The largest absolute Gasteiger partial charge is 0.496 e. The first-order valence-electron chi connectivity index (χ1n) is 10.0. The lowest BCUT2D eigenvalue weighted by atomic mass is 10.0. The smallest absolute Gasteiger partial charge is 0.273 e. The maximum Gasteiger partial charge on any atom is 0.273 e. The number of ether oxygens (including phenoxy) is 2. The minimum absolute atomic E-state index is 0.0329. The number of morpholine rings is 1.